The highest BCUT2D eigenvalue weighted by Gasteiger charge is 2.28. The molecule has 6 nitrogen and oxygen atoms in total. The second kappa shape index (κ2) is 3.80. The van der Waals surface area contributed by atoms with E-state index in [2.05, 4.69) is 14.9 Å². The average molecular weight is 209 g/mol. The Bertz CT molecular complexity index is 399. The summed E-state index contributed by atoms with van der Waals surface area (Å²) in [5.74, 6) is 0.621. The predicted octanol–water partition coefficient (Wildman–Crippen LogP) is -0.174. The van der Waals surface area contributed by atoms with Gasteiger partial charge in [-0.05, 0) is 6.42 Å². The van der Waals surface area contributed by atoms with E-state index in [0.29, 0.717) is 37.3 Å². The summed E-state index contributed by atoms with van der Waals surface area (Å²) >= 11 is 0. The fourth-order valence-electron chi connectivity index (χ4n) is 1.81. The number of rotatable bonds is 2. The third-order valence-corrected chi connectivity index (χ3v) is 2.63. The van der Waals surface area contributed by atoms with Crippen LogP contribution in [-0.2, 0) is 22.5 Å². The van der Waals surface area contributed by atoms with Gasteiger partial charge in [0.05, 0.1) is 13.0 Å². The van der Waals surface area contributed by atoms with E-state index in [1.807, 2.05) is 0 Å². The Morgan fingerprint density at radius 3 is 3.07 bits per heavy atom. The highest BCUT2D eigenvalue weighted by Crippen LogP contribution is 2.20. The molecule has 0 saturated carbocycles. The maximum atomic E-state index is 11.3. The van der Waals surface area contributed by atoms with Gasteiger partial charge in [0.1, 0.15) is 5.82 Å². The van der Waals surface area contributed by atoms with Crippen molar-refractivity contribution in [3.63, 3.8) is 0 Å². The number of nitrogens with zero attached hydrogens (tertiary/aromatic N) is 3. The Balaban J connectivity index is 2.21. The number of esters is 1. The van der Waals surface area contributed by atoms with Crippen molar-refractivity contribution in [1.82, 2.24) is 14.8 Å². The van der Waals surface area contributed by atoms with Crippen molar-refractivity contribution < 1.29 is 14.3 Å². The highest BCUT2D eigenvalue weighted by atomic mass is 16.5. The second-order valence-corrected chi connectivity index (χ2v) is 3.46. The van der Waals surface area contributed by atoms with E-state index in [0.717, 1.165) is 0 Å². The van der Waals surface area contributed by atoms with Crippen molar-refractivity contribution >= 4 is 12.3 Å². The molecule has 1 aliphatic rings. The molecule has 0 bridgehead atoms. The van der Waals surface area contributed by atoms with Crippen molar-refractivity contribution in [2.45, 2.75) is 19.4 Å². The van der Waals surface area contributed by atoms with Crippen molar-refractivity contribution in [3.05, 3.63) is 11.6 Å². The third kappa shape index (κ3) is 1.62. The molecular formula is C9H11N3O3. The van der Waals surface area contributed by atoms with Gasteiger partial charge in [-0.2, -0.15) is 0 Å². The lowest BCUT2D eigenvalue weighted by Crippen LogP contribution is -2.27. The first kappa shape index (κ1) is 9.82. The number of methoxy groups -OCH3 is 1. The molecule has 1 atom stereocenters. The Hall–Kier alpha value is -1.72. The van der Waals surface area contributed by atoms with Gasteiger partial charge in [-0.3, -0.25) is 9.59 Å². The molecule has 0 saturated heterocycles. The zero-order valence-electron chi connectivity index (χ0n) is 8.34. The van der Waals surface area contributed by atoms with Crippen molar-refractivity contribution in [1.29, 1.82) is 0 Å². The number of fused-ring (bicyclic) bond motifs is 1. The summed E-state index contributed by atoms with van der Waals surface area (Å²) in [5.41, 5.74) is 0. The molecule has 0 aromatic carbocycles. The molecule has 0 spiro atoms. The maximum Gasteiger partial charge on any atom is 0.309 e. The number of hydrogen-bond donors (Lipinski definition) is 0. The van der Waals surface area contributed by atoms with Crippen LogP contribution in [-0.4, -0.2) is 34.1 Å². The van der Waals surface area contributed by atoms with E-state index in [1.54, 1.807) is 4.57 Å². The number of ether oxygens (including phenoxy) is 1. The molecule has 0 N–H and O–H groups in total. The lowest BCUT2D eigenvalue weighted by atomic mass is 9.98. The first-order chi connectivity index (χ1) is 7.26. The minimum Gasteiger partial charge on any atom is -0.469 e. The SMILES string of the molecule is COC(=O)C1CCn2c(C=O)nnc2C1. The highest BCUT2D eigenvalue weighted by molar-refractivity contribution is 5.73. The zero-order valence-corrected chi connectivity index (χ0v) is 8.34. The summed E-state index contributed by atoms with van der Waals surface area (Å²) in [6.07, 6.45) is 1.83. The van der Waals surface area contributed by atoms with Gasteiger partial charge in [-0.1, -0.05) is 0 Å². The fraction of sp³-hybridized carbons (Fsp3) is 0.556. The van der Waals surface area contributed by atoms with Gasteiger partial charge in [0.2, 0.25) is 0 Å². The molecule has 1 aliphatic heterocycles. The molecule has 1 unspecified atom stereocenters. The van der Waals surface area contributed by atoms with Gasteiger partial charge in [0, 0.05) is 13.0 Å². The molecule has 1 aromatic heterocycles. The van der Waals surface area contributed by atoms with Crippen LogP contribution < -0.4 is 0 Å². The Labute approximate surface area is 86.2 Å². The first-order valence-electron chi connectivity index (χ1n) is 4.71. The summed E-state index contributed by atoms with van der Waals surface area (Å²) < 4.78 is 6.41. The van der Waals surface area contributed by atoms with Crippen LogP contribution in [0.4, 0.5) is 0 Å². The second-order valence-electron chi connectivity index (χ2n) is 3.46. The lowest BCUT2D eigenvalue weighted by molar-refractivity contribution is -0.146. The molecule has 0 fully saturated rings. The Morgan fingerprint density at radius 1 is 1.60 bits per heavy atom. The van der Waals surface area contributed by atoms with Crippen molar-refractivity contribution in [3.8, 4) is 0 Å². The van der Waals surface area contributed by atoms with Crippen LogP contribution in [0.25, 0.3) is 0 Å². The molecule has 2 heterocycles. The summed E-state index contributed by atoms with van der Waals surface area (Å²) in [6, 6.07) is 0. The molecule has 2 rings (SSSR count). The van der Waals surface area contributed by atoms with Crippen LogP contribution in [0.5, 0.6) is 0 Å². The lowest BCUT2D eigenvalue weighted by Gasteiger charge is -2.20. The van der Waals surface area contributed by atoms with Gasteiger partial charge >= 0.3 is 5.97 Å². The van der Waals surface area contributed by atoms with Crippen LogP contribution in [0.3, 0.4) is 0 Å². The van der Waals surface area contributed by atoms with Gasteiger partial charge in [-0.25, -0.2) is 0 Å². The standard InChI is InChI=1S/C9H11N3O3/c1-15-9(14)6-2-3-12-7(4-6)10-11-8(12)5-13/h5-6H,2-4H2,1H3. The monoisotopic (exact) mass is 209 g/mol. The number of carbonyl (C=O) groups is 2. The zero-order chi connectivity index (χ0) is 10.8. The van der Waals surface area contributed by atoms with Gasteiger partial charge < -0.3 is 9.30 Å². The predicted molar refractivity (Wildman–Crippen MR) is 49.2 cm³/mol. The minimum atomic E-state index is -0.225. The topological polar surface area (TPSA) is 74.1 Å². The molecule has 80 valence electrons. The molecular weight excluding hydrogens is 198 g/mol. The van der Waals surface area contributed by atoms with E-state index in [9.17, 15) is 9.59 Å². The average Bonchev–Trinajstić information content (AvgIpc) is 2.69. The molecule has 15 heavy (non-hydrogen) atoms. The van der Waals surface area contributed by atoms with Gasteiger partial charge in [0.15, 0.2) is 12.1 Å². The smallest absolute Gasteiger partial charge is 0.309 e. The maximum absolute atomic E-state index is 11.3. The Morgan fingerprint density at radius 2 is 2.40 bits per heavy atom. The van der Waals surface area contributed by atoms with E-state index >= 15 is 0 Å². The molecule has 0 amide bonds. The molecule has 0 aliphatic carbocycles. The fourth-order valence-corrected chi connectivity index (χ4v) is 1.81. The van der Waals surface area contributed by atoms with Gasteiger partial charge in [-0.15, -0.1) is 10.2 Å². The first-order valence-corrected chi connectivity index (χ1v) is 4.71. The van der Waals surface area contributed by atoms with Crippen LogP contribution in [0.2, 0.25) is 0 Å². The molecule has 1 aromatic rings. The summed E-state index contributed by atoms with van der Waals surface area (Å²) in [4.78, 5) is 21.9. The van der Waals surface area contributed by atoms with Crippen LogP contribution in [0, 0.1) is 5.92 Å². The normalized spacial score (nSPS) is 19.4. The molecule has 6 heteroatoms. The minimum absolute atomic E-state index is 0.161. The van der Waals surface area contributed by atoms with E-state index in [-0.39, 0.29) is 11.9 Å². The van der Waals surface area contributed by atoms with Gasteiger partial charge in [0.25, 0.3) is 0 Å². The van der Waals surface area contributed by atoms with Crippen molar-refractivity contribution in [2.24, 2.45) is 5.92 Å². The summed E-state index contributed by atoms with van der Waals surface area (Å²) in [6.45, 7) is 0.593. The summed E-state index contributed by atoms with van der Waals surface area (Å²) in [7, 11) is 1.37. The Kier molecular flexibility index (Phi) is 2.49. The number of aromatic nitrogens is 3. The van der Waals surface area contributed by atoms with E-state index < -0.39 is 0 Å². The van der Waals surface area contributed by atoms with Crippen molar-refractivity contribution in [2.75, 3.05) is 7.11 Å². The quantitative estimate of drug-likeness (QED) is 0.499. The largest absolute Gasteiger partial charge is 0.469 e. The van der Waals surface area contributed by atoms with Crippen LogP contribution >= 0.6 is 0 Å². The van der Waals surface area contributed by atoms with Crippen LogP contribution in [0.1, 0.15) is 22.9 Å². The number of hydrogen-bond acceptors (Lipinski definition) is 5. The van der Waals surface area contributed by atoms with E-state index in [4.69, 9.17) is 0 Å². The third-order valence-electron chi connectivity index (χ3n) is 2.63. The van der Waals surface area contributed by atoms with Crippen LogP contribution in [0.15, 0.2) is 0 Å². The number of aldehydes is 1. The molecule has 0 radical (unpaired) electrons. The number of carbonyl (C=O) groups excluding carboxylic acids is 2. The van der Waals surface area contributed by atoms with E-state index in [1.165, 1.54) is 7.11 Å². The summed E-state index contributed by atoms with van der Waals surface area (Å²) in [5, 5.41) is 7.60.